The first-order chi connectivity index (χ1) is 14.2. The van der Waals surface area contributed by atoms with Gasteiger partial charge in [-0.3, -0.25) is 4.68 Å². The third kappa shape index (κ3) is 5.07. The van der Waals surface area contributed by atoms with E-state index in [2.05, 4.69) is 25.4 Å². The van der Waals surface area contributed by atoms with E-state index in [9.17, 15) is 4.79 Å². The zero-order valence-electron chi connectivity index (χ0n) is 16.2. The Hall–Kier alpha value is -3.49. The van der Waals surface area contributed by atoms with Gasteiger partial charge in [0.25, 0.3) is 0 Å². The summed E-state index contributed by atoms with van der Waals surface area (Å²) < 4.78 is 7.49. The smallest absolute Gasteiger partial charge is 0.322 e. The summed E-state index contributed by atoms with van der Waals surface area (Å²) in [6.07, 6.45) is 6.85. The minimum atomic E-state index is -0.0834. The molecule has 0 spiro atoms. The number of benzene rings is 1. The first kappa shape index (κ1) is 18.9. The number of carbonyl (C=O) groups is 1. The normalized spacial score (nSPS) is 14.6. The Morgan fingerprint density at radius 1 is 1.21 bits per heavy atom. The van der Waals surface area contributed by atoms with Gasteiger partial charge in [0, 0.05) is 37.2 Å². The van der Waals surface area contributed by atoms with E-state index in [0.717, 1.165) is 43.9 Å². The summed E-state index contributed by atoms with van der Waals surface area (Å²) in [6.45, 7) is 4.19. The van der Waals surface area contributed by atoms with Gasteiger partial charge in [-0.1, -0.05) is 0 Å². The fourth-order valence-electron chi connectivity index (χ4n) is 3.30. The minimum Gasteiger partial charge on any atom is -0.424 e. The number of piperidine rings is 1. The molecular formula is C20H23N7O2. The molecule has 1 aromatic carbocycles. The van der Waals surface area contributed by atoms with Crippen LogP contribution in [0, 0.1) is 12.8 Å². The lowest BCUT2D eigenvalue weighted by molar-refractivity contribution is 0.175. The van der Waals surface area contributed by atoms with Gasteiger partial charge in [-0.25, -0.2) is 19.7 Å². The third-order valence-electron chi connectivity index (χ3n) is 4.90. The molecule has 0 unspecified atom stereocenters. The maximum absolute atomic E-state index is 12.5. The van der Waals surface area contributed by atoms with Crippen LogP contribution in [-0.4, -0.2) is 48.8 Å². The maximum atomic E-state index is 12.5. The van der Waals surface area contributed by atoms with Crippen molar-refractivity contribution in [2.24, 2.45) is 5.92 Å². The average Bonchev–Trinajstić information content (AvgIpc) is 3.23. The topological polar surface area (TPSA) is 98.1 Å². The molecule has 1 aliphatic rings. The molecule has 2 amide bonds. The molecule has 2 aromatic heterocycles. The summed E-state index contributed by atoms with van der Waals surface area (Å²) in [5.74, 6) is 1.13. The van der Waals surface area contributed by atoms with E-state index in [1.807, 2.05) is 22.6 Å². The van der Waals surface area contributed by atoms with Gasteiger partial charge in [0.05, 0.1) is 0 Å². The first-order valence-electron chi connectivity index (χ1n) is 9.61. The van der Waals surface area contributed by atoms with E-state index < -0.39 is 0 Å². The van der Waals surface area contributed by atoms with Crippen LogP contribution in [0.15, 0.2) is 49.2 Å². The number of carbonyl (C=O) groups excluding carboxylic acids is 1. The molecule has 9 nitrogen and oxygen atoms in total. The van der Waals surface area contributed by atoms with Crippen molar-refractivity contribution in [1.82, 2.24) is 29.6 Å². The molecule has 0 atom stereocenters. The second-order valence-electron chi connectivity index (χ2n) is 7.09. The van der Waals surface area contributed by atoms with Crippen LogP contribution in [0.3, 0.4) is 0 Å². The molecule has 0 saturated carbocycles. The van der Waals surface area contributed by atoms with Gasteiger partial charge in [0.2, 0.25) is 0 Å². The molecule has 0 radical (unpaired) electrons. The Labute approximate surface area is 168 Å². The summed E-state index contributed by atoms with van der Waals surface area (Å²) in [6, 6.07) is 9.21. The standard InChI is InChI=1S/C20H23N7O2/c1-15-6-9-22-19(24-15)29-18-4-2-17(3-5-18)25-20(28)26-10-7-16(8-11-26)12-27-14-21-13-23-27/h2-6,9,13-14,16H,7-8,10-12H2,1H3,(H,25,28). The van der Waals surface area contributed by atoms with Crippen LogP contribution in [0.1, 0.15) is 18.5 Å². The van der Waals surface area contributed by atoms with Gasteiger partial charge >= 0.3 is 12.0 Å². The van der Waals surface area contributed by atoms with Crippen LogP contribution in [0.4, 0.5) is 10.5 Å². The molecule has 0 bridgehead atoms. The Balaban J connectivity index is 1.26. The van der Waals surface area contributed by atoms with Crippen molar-refractivity contribution in [3.05, 3.63) is 54.9 Å². The molecule has 0 aliphatic carbocycles. The number of hydrogen-bond acceptors (Lipinski definition) is 6. The van der Waals surface area contributed by atoms with Crippen LogP contribution in [0.2, 0.25) is 0 Å². The van der Waals surface area contributed by atoms with E-state index in [1.165, 1.54) is 0 Å². The van der Waals surface area contributed by atoms with Gasteiger partial charge in [0.1, 0.15) is 18.4 Å². The van der Waals surface area contributed by atoms with Gasteiger partial charge in [0.15, 0.2) is 0 Å². The zero-order valence-corrected chi connectivity index (χ0v) is 16.2. The van der Waals surface area contributed by atoms with Crippen molar-refractivity contribution in [2.45, 2.75) is 26.3 Å². The number of rotatable bonds is 5. The van der Waals surface area contributed by atoms with Crippen molar-refractivity contribution in [3.63, 3.8) is 0 Å². The lowest BCUT2D eigenvalue weighted by Gasteiger charge is -2.31. The second-order valence-corrected chi connectivity index (χ2v) is 7.09. The van der Waals surface area contributed by atoms with Gasteiger partial charge in [-0.15, -0.1) is 0 Å². The van der Waals surface area contributed by atoms with Crippen LogP contribution in [-0.2, 0) is 6.54 Å². The lowest BCUT2D eigenvalue weighted by atomic mass is 9.97. The van der Waals surface area contributed by atoms with Crippen LogP contribution >= 0.6 is 0 Å². The third-order valence-corrected chi connectivity index (χ3v) is 4.90. The fourth-order valence-corrected chi connectivity index (χ4v) is 3.30. The number of likely N-dealkylation sites (tertiary alicyclic amines) is 1. The molecule has 1 fully saturated rings. The van der Waals surface area contributed by atoms with E-state index in [4.69, 9.17) is 4.74 Å². The highest BCUT2D eigenvalue weighted by Crippen LogP contribution is 2.22. The maximum Gasteiger partial charge on any atom is 0.322 e. The summed E-state index contributed by atoms with van der Waals surface area (Å²) in [4.78, 5) is 26.7. The number of urea groups is 1. The highest BCUT2D eigenvalue weighted by molar-refractivity contribution is 5.89. The summed E-state index contributed by atoms with van der Waals surface area (Å²) in [5.41, 5.74) is 1.56. The van der Waals surface area contributed by atoms with Crippen molar-refractivity contribution >= 4 is 11.7 Å². The highest BCUT2D eigenvalue weighted by atomic mass is 16.5. The molecule has 1 saturated heterocycles. The van der Waals surface area contributed by atoms with Gasteiger partial charge < -0.3 is 15.0 Å². The zero-order chi connectivity index (χ0) is 20.1. The number of aromatic nitrogens is 5. The predicted octanol–water partition coefficient (Wildman–Crippen LogP) is 3.11. The Bertz CT molecular complexity index is 936. The number of nitrogens with zero attached hydrogens (tertiary/aromatic N) is 6. The fraction of sp³-hybridized carbons (Fsp3) is 0.350. The monoisotopic (exact) mass is 393 g/mol. The quantitative estimate of drug-likeness (QED) is 0.715. The number of nitrogens with one attached hydrogen (secondary N) is 1. The minimum absolute atomic E-state index is 0.0834. The van der Waals surface area contributed by atoms with Crippen molar-refractivity contribution in [2.75, 3.05) is 18.4 Å². The summed E-state index contributed by atoms with van der Waals surface area (Å²) >= 11 is 0. The van der Waals surface area contributed by atoms with E-state index >= 15 is 0 Å². The first-order valence-corrected chi connectivity index (χ1v) is 9.61. The van der Waals surface area contributed by atoms with Crippen LogP contribution in [0.25, 0.3) is 0 Å². The largest absolute Gasteiger partial charge is 0.424 e. The predicted molar refractivity (Wildman–Crippen MR) is 107 cm³/mol. The van der Waals surface area contributed by atoms with Gasteiger partial charge in [-0.2, -0.15) is 5.10 Å². The van der Waals surface area contributed by atoms with Crippen LogP contribution < -0.4 is 10.1 Å². The number of hydrogen-bond donors (Lipinski definition) is 1. The molecule has 150 valence electrons. The molecule has 9 heteroatoms. The molecule has 1 N–H and O–H groups in total. The number of amides is 2. The molecule has 3 aromatic rings. The Morgan fingerprint density at radius 3 is 2.69 bits per heavy atom. The van der Waals surface area contributed by atoms with Crippen molar-refractivity contribution in [1.29, 1.82) is 0 Å². The van der Waals surface area contributed by atoms with Crippen molar-refractivity contribution < 1.29 is 9.53 Å². The lowest BCUT2D eigenvalue weighted by Crippen LogP contribution is -2.41. The number of ether oxygens (including phenoxy) is 1. The van der Waals surface area contributed by atoms with E-state index in [1.54, 1.807) is 43.1 Å². The van der Waals surface area contributed by atoms with Crippen molar-refractivity contribution in [3.8, 4) is 11.8 Å². The molecule has 1 aliphatic heterocycles. The molecule has 4 rings (SSSR count). The van der Waals surface area contributed by atoms with Gasteiger partial charge in [-0.05, 0) is 56.0 Å². The van der Waals surface area contributed by atoms with Crippen LogP contribution in [0.5, 0.6) is 11.8 Å². The average molecular weight is 393 g/mol. The van der Waals surface area contributed by atoms with E-state index in [0.29, 0.717) is 17.7 Å². The Kier molecular flexibility index (Phi) is 5.64. The summed E-state index contributed by atoms with van der Waals surface area (Å²) in [7, 11) is 0. The summed E-state index contributed by atoms with van der Waals surface area (Å²) in [5, 5.41) is 7.10. The highest BCUT2D eigenvalue weighted by Gasteiger charge is 2.23. The molecule has 3 heterocycles. The van der Waals surface area contributed by atoms with E-state index in [-0.39, 0.29) is 6.03 Å². The second kappa shape index (κ2) is 8.68. The Morgan fingerprint density at radius 2 is 2.00 bits per heavy atom. The molecule has 29 heavy (non-hydrogen) atoms. The number of aryl methyl sites for hydroxylation is 1. The molecular weight excluding hydrogens is 370 g/mol. The SMILES string of the molecule is Cc1ccnc(Oc2ccc(NC(=O)N3CCC(Cn4cncn4)CC3)cc2)n1. The number of anilines is 1.